The maximum atomic E-state index is 10.6. The molecule has 15 heavy (non-hydrogen) atoms. The minimum absolute atomic E-state index is 0.264. The lowest BCUT2D eigenvalue weighted by Crippen LogP contribution is -2.24. The molecule has 0 spiro atoms. The van der Waals surface area contributed by atoms with Crippen LogP contribution in [0.5, 0.6) is 5.75 Å². The second kappa shape index (κ2) is 4.96. The van der Waals surface area contributed by atoms with Crippen molar-refractivity contribution in [2.24, 2.45) is 5.92 Å². The van der Waals surface area contributed by atoms with E-state index in [1.165, 1.54) is 0 Å². The molecule has 0 atom stereocenters. The van der Waals surface area contributed by atoms with Gasteiger partial charge in [-0.25, -0.2) is 0 Å². The van der Waals surface area contributed by atoms with E-state index in [9.17, 15) is 4.79 Å². The number of hydrogen-bond donors (Lipinski definition) is 0. The predicted molar refractivity (Wildman–Crippen MR) is 58.9 cm³/mol. The van der Waals surface area contributed by atoms with Crippen LogP contribution in [0.1, 0.15) is 25.7 Å². The van der Waals surface area contributed by atoms with Crippen LogP contribution in [0, 0.1) is 5.92 Å². The third kappa shape index (κ3) is 2.82. The quantitative estimate of drug-likeness (QED) is 0.708. The van der Waals surface area contributed by atoms with Gasteiger partial charge in [0.1, 0.15) is 12.0 Å². The van der Waals surface area contributed by atoms with E-state index < -0.39 is 0 Å². The summed E-state index contributed by atoms with van der Waals surface area (Å²) in [5, 5.41) is 0. The lowest BCUT2D eigenvalue weighted by molar-refractivity contribution is -0.112. The second-order valence-electron chi connectivity index (χ2n) is 4.10. The van der Waals surface area contributed by atoms with E-state index in [-0.39, 0.29) is 5.92 Å². The molecule has 2 nitrogen and oxygen atoms in total. The average molecular weight is 204 g/mol. The SMILES string of the molecule is O=C[C@H]1CC[C@@H](Oc2ccccc2)CC1. The summed E-state index contributed by atoms with van der Waals surface area (Å²) >= 11 is 0. The second-order valence-corrected chi connectivity index (χ2v) is 4.10. The highest BCUT2D eigenvalue weighted by molar-refractivity contribution is 5.53. The number of aldehydes is 1. The van der Waals surface area contributed by atoms with Crippen LogP contribution < -0.4 is 4.74 Å². The van der Waals surface area contributed by atoms with Crippen LogP contribution in [-0.2, 0) is 4.79 Å². The molecule has 1 saturated carbocycles. The molecule has 80 valence electrons. The summed E-state index contributed by atoms with van der Waals surface area (Å²) in [4.78, 5) is 10.6. The van der Waals surface area contributed by atoms with Gasteiger partial charge in [-0.3, -0.25) is 0 Å². The highest BCUT2D eigenvalue weighted by Gasteiger charge is 2.21. The van der Waals surface area contributed by atoms with Gasteiger partial charge in [-0.2, -0.15) is 0 Å². The van der Waals surface area contributed by atoms with Crippen molar-refractivity contribution < 1.29 is 9.53 Å². The smallest absolute Gasteiger partial charge is 0.123 e. The van der Waals surface area contributed by atoms with E-state index in [0.717, 1.165) is 37.7 Å². The fourth-order valence-corrected chi connectivity index (χ4v) is 2.03. The number of ether oxygens (including phenoxy) is 1. The van der Waals surface area contributed by atoms with Crippen LogP contribution in [-0.4, -0.2) is 12.4 Å². The Bertz CT molecular complexity index is 300. The summed E-state index contributed by atoms with van der Waals surface area (Å²) in [6.07, 6.45) is 5.32. The summed E-state index contributed by atoms with van der Waals surface area (Å²) < 4.78 is 5.83. The highest BCUT2D eigenvalue weighted by atomic mass is 16.5. The molecule has 1 fully saturated rings. The van der Waals surface area contributed by atoms with Crippen LogP contribution in [0.4, 0.5) is 0 Å². The van der Waals surface area contributed by atoms with Gasteiger partial charge in [0.15, 0.2) is 0 Å². The topological polar surface area (TPSA) is 26.3 Å². The first-order valence-corrected chi connectivity index (χ1v) is 5.55. The van der Waals surface area contributed by atoms with Gasteiger partial charge in [-0.15, -0.1) is 0 Å². The standard InChI is InChI=1S/C13H16O2/c14-10-11-6-8-13(9-7-11)15-12-4-2-1-3-5-12/h1-5,10-11,13H,6-9H2/t11-,13+. The molecule has 1 aliphatic carbocycles. The summed E-state index contributed by atoms with van der Waals surface area (Å²) in [6.45, 7) is 0. The fraction of sp³-hybridized carbons (Fsp3) is 0.462. The Morgan fingerprint density at radius 3 is 2.33 bits per heavy atom. The molecule has 1 aromatic carbocycles. The van der Waals surface area contributed by atoms with Crippen LogP contribution >= 0.6 is 0 Å². The zero-order valence-corrected chi connectivity index (χ0v) is 8.76. The molecule has 2 rings (SSSR count). The number of para-hydroxylation sites is 1. The molecule has 2 heteroatoms. The van der Waals surface area contributed by atoms with E-state index in [1.807, 2.05) is 30.3 Å². The number of rotatable bonds is 3. The number of carbonyl (C=O) groups excluding carboxylic acids is 1. The summed E-state index contributed by atoms with van der Waals surface area (Å²) in [5.74, 6) is 1.20. The van der Waals surface area contributed by atoms with E-state index in [0.29, 0.717) is 6.10 Å². The monoisotopic (exact) mass is 204 g/mol. The maximum absolute atomic E-state index is 10.6. The van der Waals surface area contributed by atoms with E-state index in [1.54, 1.807) is 0 Å². The van der Waals surface area contributed by atoms with Crippen LogP contribution in [0.2, 0.25) is 0 Å². The van der Waals surface area contributed by atoms with Gasteiger partial charge in [0.2, 0.25) is 0 Å². The Labute approximate surface area is 90.3 Å². The molecule has 0 aliphatic heterocycles. The summed E-state index contributed by atoms with van der Waals surface area (Å²) in [6, 6.07) is 9.90. The molecule has 0 saturated heterocycles. The number of carbonyl (C=O) groups is 1. The van der Waals surface area contributed by atoms with Crippen molar-refractivity contribution in [1.29, 1.82) is 0 Å². The van der Waals surface area contributed by atoms with Crippen LogP contribution in [0.25, 0.3) is 0 Å². The fourth-order valence-electron chi connectivity index (χ4n) is 2.03. The lowest BCUT2D eigenvalue weighted by Gasteiger charge is -2.26. The Morgan fingerprint density at radius 1 is 1.07 bits per heavy atom. The molecule has 0 radical (unpaired) electrons. The van der Waals surface area contributed by atoms with Gasteiger partial charge < -0.3 is 9.53 Å². The number of benzene rings is 1. The van der Waals surface area contributed by atoms with Gasteiger partial charge in [-0.1, -0.05) is 18.2 Å². The van der Waals surface area contributed by atoms with Gasteiger partial charge in [0.05, 0.1) is 6.10 Å². The lowest BCUT2D eigenvalue weighted by atomic mass is 9.88. The largest absolute Gasteiger partial charge is 0.490 e. The molecule has 0 aromatic heterocycles. The molecule has 0 unspecified atom stereocenters. The van der Waals surface area contributed by atoms with Gasteiger partial charge in [0.25, 0.3) is 0 Å². The van der Waals surface area contributed by atoms with Crippen molar-refractivity contribution in [3.05, 3.63) is 30.3 Å². The molecule has 1 aromatic rings. The molecular weight excluding hydrogens is 188 g/mol. The first-order valence-electron chi connectivity index (χ1n) is 5.55. The van der Waals surface area contributed by atoms with E-state index >= 15 is 0 Å². The minimum atomic E-state index is 0.264. The van der Waals surface area contributed by atoms with Crippen molar-refractivity contribution in [3.63, 3.8) is 0 Å². The Hall–Kier alpha value is -1.31. The average Bonchev–Trinajstić information content (AvgIpc) is 2.31. The predicted octanol–water partition coefficient (Wildman–Crippen LogP) is 2.82. The molecule has 0 heterocycles. The van der Waals surface area contributed by atoms with Crippen molar-refractivity contribution in [2.45, 2.75) is 31.8 Å². The maximum Gasteiger partial charge on any atom is 0.123 e. The van der Waals surface area contributed by atoms with E-state index in [4.69, 9.17) is 4.74 Å². The number of hydrogen-bond acceptors (Lipinski definition) is 2. The Balaban J connectivity index is 1.85. The highest BCUT2D eigenvalue weighted by Crippen LogP contribution is 2.26. The van der Waals surface area contributed by atoms with Gasteiger partial charge >= 0.3 is 0 Å². The van der Waals surface area contributed by atoms with Crippen LogP contribution in [0.3, 0.4) is 0 Å². The van der Waals surface area contributed by atoms with Crippen LogP contribution in [0.15, 0.2) is 30.3 Å². The zero-order valence-electron chi connectivity index (χ0n) is 8.76. The molecule has 0 amide bonds. The third-order valence-electron chi connectivity index (χ3n) is 2.96. The minimum Gasteiger partial charge on any atom is -0.490 e. The molecule has 0 N–H and O–H groups in total. The van der Waals surface area contributed by atoms with Crippen molar-refractivity contribution in [1.82, 2.24) is 0 Å². The van der Waals surface area contributed by atoms with Gasteiger partial charge in [-0.05, 0) is 37.8 Å². The Kier molecular flexibility index (Phi) is 3.38. The molecule has 0 bridgehead atoms. The summed E-state index contributed by atoms with van der Waals surface area (Å²) in [5.41, 5.74) is 0. The molecule has 1 aliphatic rings. The zero-order chi connectivity index (χ0) is 10.5. The van der Waals surface area contributed by atoms with E-state index in [2.05, 4.69) is 0 Å². The Morgan fingerprint density at radius 2 is 1.73 bits per heavy atom. The van der Waals surface area contributed by atoms with Crippen molar-refractivity contribution >= 4 is 6.29 Å². The van der Waals surface area contributed by atoms with Crippen molar-refractivity contribution in [2.75, 3.05) is 0 Å². The normalized spacial score (nSPS) is 25.9. The third-order valence-corrected chi connectivity index (χ3v) is 2.96. The first-order chi connectivity index (χ1) is 7.38. The summed E-state index contributed by atoms with van der Waals surface area (Å²) in [7, 11) is 0. The molecular formula is C13H16O2. The van der Waals surface area contributed by atoms with Gasteiger partial charge in [0, 0.05) is 5.92 Å². The van der Waals surface area contributed by atoms with Crippen molar-refractivity contribution in [3.8, 4) is 5.75 Å². The first kappa shape index (κ1) is 10.2.